The fourth-order valence-electron chi connectivity index (χ4n) is 1.49. The lowest BCUT2D eigenvalue weighted by molar-refractivity contribution is 0.399. The predicted octanol–water partition coefficient (Wildman–Crippen LogP) is 1.14. The van der Waals surface area contributed by atoms with Gasteiger partial charge in [0.05, 0.1) is 5.52 Å². The number of hydrogen-bond donors (Lipinski definition) is 3. The van der Waals surface area contributed by atoms with Crippen molar-refractivity contribution >= 4 is 16.7 Å². The second-order valence-corrected chi connectivity index (χ2v) is 3.29. The van der Waals surface area contributed by atoms with Crippen LogP contribution < -0.4 is 11.1 Å². The number of fused-ring (bicyclic) bond motifs is 1. The average Bonchev–Trinajstić information content (AvgIpc) is 2.31. The highest BCUT2D eigenvalue weighted by atomic mass is 16.2. The first-order valence-electron chi connectivity index (χ1n) is 5.04. The summed E-state index contributed by atoms with van der Waals surface area (Å²) in [6.07, 6.45) is 0. The zero-order chi connectivity index (χ0) is 12.0. The maximum atomic E-state index is 7.00. The first-order chi connectivity index (χ1) is 7.79. The number of aliphatic hydroxyl groups excluding tert-OH is 1. The van der Waals surface area contributed by atoms with Crippen LogP contribution in [0.4, 0.5) is 5.82 Å². The average molecular weight is 219 g/mol. The molecule has 1 aromatic carbocycles. The number of nitrogens with zero attached hydrogens (tertiary/aromatic N) is 1. The molecule has 0 amide bonds. The molecule has 2 aromatic rings. The van der Waals surface area contributed by atoms with E-state index in [1.165, 1.54) is 5.56 Å². The number of anilines is 1. The van der Waals surface area contributed by atoms with Crippen molar-refractivity contribution in [3.8, 4) is 0 Å². The summed E-state index contributed by atoms with van der Waals surface area (Å²) in [7, 11) is 2.93. The van der Waals surface area contributed by atoms with Crippen LogP contribution in [-0.4, -0.2) is 24.2 Å². The molecular formula is C12H17N3O. The topological polar surface area (TPSA) is 71.2 Å². The molecule has 4 N–H and O–H groups in total. The van der Waals surface area contributed by atoms with Crippen molar-refractivity contribution in [1.29, 1.82) is 0 Å². The lowest BCUT2D eigenvalue weighted by atomic mass is 10.1. The molecule has 0 spiro atoms. The van der Waals surface area contributed by atoms with Gasteiger partial charge in [0, 0.05) is 19.0 Å². The maximum absolute atomic E-state index is 7.00. The molecule has 2 rings (SSSR count). The van der Waals surface area contributed by atoms with E-state index in [0.717, 1.165) is 24.6 Å². The summed E-state index contributed by atoms with van der Waals surface area (Å²) in [5.41, 5.74) is 7.80. The number of aromatic nitrogens is 1. The molecule has 4 nitrogen and oxygen atoms in total. The summed E-state index contributed by atoms with van der Waals surface area (Å²) in [6, 6.07) is 10.0. The molecular weight excluding hydrogens is 202 g/mol. The van der Waals surface area contributed by atoms with Gasteiger partial charge in [-0.25, -0.2) is 4.98 Å². The molecule has 0 saturated heterocycles. The maximum Gasteiger partial charge on any atom is 0.124 e. The molecule has 0 radical (unpaired) electrons. The Morgan fingerprint density at radius 1 is 1.25 bits per heavy atom. The van der Waals surface area contributed by atoms with Gasteiger partial charge in [-0.15, -0.1) is 0 Å². The zero-order valence-electron chi connectivity index (χ0n) is 9.57. The van der Waals surface area contributed by atoms with Gasteiger partial charge in [-0.05, 0) is 30.8 Å². The molecule has 0 unspecified atom stereocenters. The van der Waals surface area contributed by atoms with Crippen molar-refractivity contribution in [2.24, 2.45) is 0 Å². The standard InChI is InChI=1S/C11H13N3.CH4O/c1-13-7-8-2-3-9-4-5-11(12)14-10(9)6-8;1-2/h2-6,13H,7H2,1H3,(H2,12,14);2H,1H3. The minimum atomic E-state index is 0.569. The monoisotopic (exact) mass is 219 g/mol. The number of aliphatic hydroxyl groups is 1. The van der Waals surface area contributed by atoms with Gasteiger partial charge in [0.1, 0.15) is 5.82 Å². The quantitative estimate of drug-likeness (QED) is 0.708. The van der Waals surface area contributed by atoms with Crippen LogP contribution in [-0.2, 0) is 6.54 Å². The number of nitrogen functional groups attached to an aromatic ring is 1. The molecule has 1 heterocycles. The van der Waals surface area contributed by atoms with E-state index in [1.54, 1.807) is 0 Å². The fraction of sp³-hybridized carbons (Fsp3) is 0.250. The Kier molecular flexibility index (Phi) is 4.69. The highest BCUT2D eigenvalue weighted by Crippen LogP contribution is 2.15. The lowest BCUT2D eigenvalue weighted by Gasteiger charge is -2.02. The summed E-state index contributed by atoms with van der Waals surface area (Å²) >= 11 is 0. The number of hydrogen-bond acceptors (Lipinski definition) is 4. The molecule has 0 aliphatic carbocycles. The second-order valence-electron chi connectivity index (χ2n) is 3.29. The van der Waals surface area contributed by atoms with Crippen LogP contribution in [0.15, 0.2) is 30.3 Å². The van der Waals surface area contributed by atoms with Gasteiger partial charge in [-0.1, -0.05) is 12.1 Å². The smallest absolute Gasteiger partial charge is 0.124 e. The Balaban J connectivity index is 0.000000606. The normalized spacial score (nSPS) is 9.69. The Morgan fingerprint density at radius 3 is 2.62 bits per heavy atom. The van der Waals surface area contributed by atoms with Gasteiger partial charge in [0.15, 0.2) is 0 Å². The fourth-order valence-corrected chi connectivity index (χ4v) is 1.49. The Hall–Kier alpha value is -1.65. The van der Waals surface area contributed by atoms with Crippen molar-refractivity contribution in [2.75, 3.05) is 19.9 Å². The third-order valence-corrected chi connectivity index (χ3v) is 2.16. The van der Waals surface area contributed by atoms with Crippen LogP contribution in [0.2, 0.25) is 0 Å². The Labute approximate surface area is 95.1 Å². The molecule has 4 heteroatoms. The largest absolute Gasteiger partial charge is 0.400 e. The molecule has 0 atom stereocenters. The van der Waals surface area contributed by atoms with Gasteiger partial charge < -0.3 is 16.2 Å². The molecule has 0 saturated carbocycles. The van der Waals surface area contributed by atoms with E-state index in [9.17, 15) is 0 Å². The van der Waals surface area contributed by atoms with E-state index in [2.05, 4.69) is 28.5 Å². The van der Waals surface area contributed by atoms with Gasteiger partial charge in [0.25, 0.3) is 0 Å². The van der Waals surface area contributed by atoms with Crippen LogP contribution in [0.3, 0.4) is 0 Å². The molecule has 0 bridgehead atoms. The third kappa shape index (κ3) is 2.92. The number of benzene rings is 1. The van der Waals surface area contributed by atoms with Crippen LogP contribution in [0.25, 0.3) is 10.9 Å². The van der Waals surface area contributed by atoms with Crippen molar-refractivity contribution in [2.45, 2.75) is 6.54 Å². The molecule has 0 fully saturated rings. The number of pyridine rings is 1. The first kappa shape index (κ1) is 12.4. The van der Waals surface area contributed by atoms with E-state index < -0.39 is 0 Å². The van der Waals surface area contributed by atoms with Crippen LogP contribution >= 0.6 is 0 Å². The summed E-state index contributed by atoms with van der Waals surface area (Å²) in [5.74, 6) is 0.569. The van der Waals surface area contributed by atoms with Gasteiger partial charge in [-0.3, -0.25) is 0 Å². The first-order valence-corrected chi connectivity index (χ1v) is 5.04. The van der Waals surface area contributed by atoms with Crippen molar-refractivity contribution in [3.05, 3.63) is 35.9 Å². The van der Waals surface area contributed by atoms with E-state index >= 15 is 0 Å². The number of nitrogens with two attached hydrogens (primary N) is 1. The lowest BCUT2D eigenvalue weighted by Crippen LogP contribution is -2.04. The summed E-state index contributed by atoms with van der Waals surface area (Å²) in [6.45, 7) is 0.854. The molecule has 0 aliphatic heterocycles. The predicted molar refractivity (Wildman–Crippen MR) is 67.1 cm³/mol. The summed E-state index contributed by atoms with van der Waals surface area (Å²) in [5, 5.41) is 11.2. The number of nitrogens with one attached hydrogen (secondary N) is 1. The molecule has 86 valence electrons. The summed E-state index contributed by atoms with van der Waals surface area (Å²) < 4.78 is 0. The van der Waals surface area contributed by atoms with Gasteiger partial charge in [-0.2, -0.15) is 0 Å². The Morgan fingerprint density at radius 2 is 1.94 bits per heavy atom. The third-order valence-electron chi connectivity index (χ3n) is 2.16. The van der Waals surface area contributed by atoms with Crippen molar-refractivity contribution < 1.29 is 5.11 Å². The van der Waals surface area contributed by atoms with Gasteiger partial charge in [0.2, 0.25) is 0 Å². The second kappa shape index (κ2) is 6.05. The highest BCUT2D eigenvalue weighted by Gasteiger charge is 1.97. The SMILES string of the molecule is CNCc1ccc2ccc(N)nc2c1.CO. The van der Waals surface area contributed by atoms with Crippen molar-refractivity contribution in [1.82, 2.24) is 10.3 Å². The van der Waals surface area contributed by atoms with E-state index in [4.69, 9.17) is 10.8 Å². The zero-order valence-corrected chi connectivity index (χ0v) is 9.57. The molecule has 16 heavy (non-hydrogen) atoms. The number of rotatable bonds is 2. The van der Waals surface area contributed by atoms with E-state index in [1.807, 2.05) is 19.2 Å². The molecule has 1 aromatic heterocycles. The summed E-state index contributed by atoms with van der Waals surface area (Å²) in [4.78, 5) is 4.27. The molecule has 0 aliphatic rings. The minimum Gasteiger partial charge on any atom is -0.400 e. The van der Waals surface area contributed by atoms with E-state index in [-0.39, 0.29) is 0 Å². The van der Waals surface area contributed by atoms with Crippen LogP contribution in [0.1, 0.15) is 5.56 Å². The minimum absolute atomic E-state index is 0.569. The van der Waals surface area contributed by atoms with E-state index in [0.29, 0.717) is 5.82 Å². The van der Waals surface area contributed by atoms with Crippen LogP contribution in [0, 0.1) is 0 Å². The highest BCUT2D eigenvalue weighted by molar-refractivity contribution is 5.80. The van der Waals surface area contributed by atoms with Crippen molar-refractivity contribution in [3.63, 3.8) is 0 Å². The Bertz CT molecular complexity index is 457. The van der Waals surface area contributed by atoms with Gasteiger partial charge >= 0.3 is 0 Å². The van der Waals surface area contributed by atoms with Crippen LogP contribution in [0.5, 0.6) is 0 Å².